The molecule has 0 heterocycles. The Morgan fingerprint density at radius 2 is 1.92 bits per heavy atom. The molecule has 1 N–H and O–H groups in total. The molecule has 2 aromatic carbocycles. The summed E-state index contributed by atoms with van der Waals surface area (Å²) in [7, 11) is 1.28. The normalized spacial score (nSPS) is 10.0. The lowest BCUT2D eigenvalue weighted by Crippen LogP contribution is -2.09. The lowest BCUT2D eigenvalue weighted by Gasteiger charge is -2.11. The second kappa shape index (κ2) is 7.91. The molecule has 130 valence electrons. The summed E-state index contributed by atoms with van der Waals surface area (Å²) in [6.07, 6.45) is 0. The Hall–Kier alpha value is -3.42. The Kier molecular flexibility index (Phi) is 5.67. The standard InChI is InChI=1S/C17H16N2O6/c1-11(20)18-15-8-7-13(9-16(15)19(22)23)25-10-12-5-3-4-6-14(12)17(21)24-2/h3-9H,10H2,1-2H3,(H,18,20). The fourth-order valence-corrected chi connectivity index (χ4v) is 2.16. The van der Waals surface area contributed by atoms with Crippen molar-refractivity contribution in [2.24, 2.45) is 0 Å². The number of hydrogen-bond acceptors (Lipinski definition) is 6. The van der Waals surface area contributed by atoms with Crippen molar-refractivity contribution in [2.45, 2.75) is 13.5 Å². The number of ether oxygens (including phenoxy) is 2. The molecule has 0 fully saturated rings. The van der Waals surface area contributed by atoms with Crippen molar-refractivity contribution in [2.75, 3.05) is 12.4 Å². The molecule has 8 nitrogen and oxygen atoms in total. The van der Waals surface area contributed by atoms with Gasteiger partial charge in [-0.2, -0.15) is 0 Å². The van der Waals surface area contributed by atoms with E-state index in [1.807, 2.05) is 0 Å². The smallest absolute Gasteiger partial charge is 0.338 e. The number of nitrogens with one attached hydrogen (secondary N) is 1. The lowest BCUT2D eigenvalue weighted by atomic mass is 10.1. The van der Waals surface area contributed by atoms with Crippen LogP contribution < -0.4 is 10.1 Å². The number of nitrogens with zero attached hydrogens (tertiary/aromatic N) is 1. The number of rotatable bonds is 6. The maximum atomic E-state index is 11.7. The van der Waals surface area contributed by atoms with Crippen molar-refractivity contribution in [1.82, 2.24) is 0 Å². The van der Waals surface area contributed by atoms with Crippen LogP contribution in [0.15, 0.2) is 42.5 Å². The van der Waals surface area contributed by atoms with E-state index < -0.39 is 16.8 Å². The lowest BCUT2D eigenvalue weighted by molar-refractivity contribution is -0.384. The first kappa shape index (κ1) is 17.9. The largest absolute Gasteiger partial charge is 0.489 e. The highest BCUT2D eigenvalue weighted by atomic mass is 16.6. The molecule has 0 aromatic heterocycles. The molecule has 0 spiro atoms. The SMILES string of the molecule is COC(=O)c1ccccc1COc1ccc(NC(C)=O)c([N+](=O)[O-])c1. The molecule has 0 aliphatic heterocycles. The van der Waals surface area contributed by atoms with Gasteiger partial charge in [-0.3, -0.25) is 14.9 Å². The molecule has 0 bridgehead atoms. The Morgan fingerprint density at radius 1 is 1.20 bits per heavy atom. The van der Waals surface area contributed by atoms with Crippen LogP contribution in [0.4, 0.5) is 11.4 Å². The van der Waals surface area contributed by atoms with Crippen LogP contribution in [0.1, 0.15) is 22.8 Å². The van der Waals surface area contributed by atoms with Crippen LogP contribution in [0.2, 0.25) is 0 Å². The Bertz CT molecular complexity index is 819. The predicted molar refractivity (Wildman–Crippen MR) is 89.5 cm³/mol. The van der Waals surface area contributed by atoms with Gasteiger partial charge < -0.3 is 14.8 Å². The van der Waals surface area contributed by atoms with E-state index in [4.69, 9.17) is 9.47 Å². The minimum Gasteiger partial charge on any atom is -0.489 e. The number of esters is 1. The van der Waals surface area contributed by atoms with Crippen molar-refractivity contribution in [3.05, 3.63) is 63.7 Å². The van der Waals surface area contributed by atoms with Crippen LogP contribution in [0.3, 0.4) is 0 Å². The molecule has 8 heteroatoms. The fourth-order valence-electron chi connectivity index (χ4n) is 2.16. The van der Waals surface area contributed by atoms with Gasteiger partial charge in [0.25, 0.3) is 5.69 Å². The summed E-state index contributed by atoms with van der Waals surface area (Å²) < 4.78 is 10.3. The van der Waals surface area contributed by atoms with Crippen LogP contribution >= 0.6 is 0 Å². The molecule has 0 atom stereocenters. The third-order valence-corrected chi connectivity index (χ3v) is 3.29. The van der Waals surface area contributed by atoms with E-state index in [0.29, 0.717) is 11.1 Å². The summed E-state index contributed by atoms with van der Waals surface area (Å²) in [5.41, 5.74) is 0.742. The zero-order valence-electron chi connectivity index (χ0n) is 13.6. The average Bonchev–Trinajstić information content (AvgIpc) is 2.59. The van der Waals surface area contributed by atoms with Crippen molar-refractivity contribution in [3.8, 4) is 5.75 Å². The van der Waals surface area contributed by atoms with Crippen molar-refractivity contribution in [1.29, 1.82) is 0 Å². The Morgan fingerprint density at radius 3 is 2.56 bits per heavy atom. The molecular formula is C17H16N2O6. The average molecular weight is 344 g/mol. The van der Waals surface area contributed by atoms with Crippen LogP contribution in [0.5, 0.6) is 5.75 Å². The van der Waals surface area contributed by atoms with Crippen LogP contribution in [-0.4, -0.2) is 23.9 Å². The third kappa shape index (κ3) is 4.54. The molecular weight excluding hydrogens is 328 g/mol. The van der Waals surface area contributed by atoms with E-state index >= 15 is 0 Å². The summed E-state index contributed by atoms with van der Waals surface area (Å²) in [6.45, 7) is 1.29. The molecule has 25 heavy (non-hydrogen) atoms. The maximum Gasteiger partial charge on any atom is 0.338 e. The van der Waals surface area contributed by atoms with E-state index in [1.165, 1.54) is 32.2 Å². The molecule has 2 aromatic rings. The first-order valence-corrected chi connectivity index (χ1v) is 7.27. The third-order valence-electron chi connectivity index (χ3n) is 3.29. The monoisotopic (exact) mass is 344 g/mol. The van der Waals surface area contributed by atoms with Gasteiger partial charge in [0.2, 0.25) is 5.91 Å². The summed E-state index contributed by atoms with van der Waals surface area (Å²) in [6, 6.07) is 10.8. The highest BCUT2D eigenvalue weighted by molar-refractivity contribution is 5.91. The number of carbonyl (C=O) groups excluding carboxylic acids is 2. The Balaban J connectivity index is 2.22. The van der Waals surface area contributed by atoms with Crippen LogP contribution in [0, 0.1) is 10.1 Å². The molecule has 2 rings (SSSR count). The van der Waals surface area contributed by atoms with Crippen molar-refractivity contribution >= 4 is 23.3 Å². The number of hydrogen-bond donors (Lipinski definition) is 1. The van der Waals surface area contributed by atoms with Crippen molar-refractivity contribution in [3.63, 3.8) is 0 Å². The second-order valence-corrected chi connectivity index (χ2v) is 5.05. The summed E-state index contributed by atoms with van der Waals surface area (Å²) in [4.78, 5) is 33.4. The van der Waals surface area contributed by atoms with Gasteiger partial charge in [-0.1, -0.05) is 18.2 Å². The van der Waals surface area contributed by atoms with E-state index in [2.05, 4.69) is 5.32 Å². The summed E-state index contributed by atoms with van der Waals surface area (Å²) in [5, 5.41) is 13.5. The molecule has 1 amide bonds. The topological polar surface area (TPSA) is 108 Å². The number of carbonyl (C=O) groups is 2. The second-order valence-electron chi connectivity index (χ2n) is 5.05. The summed E-state index contributed by atoms with van der Waals surface area (Å²) in [5.74, 6) is -0.671. The first-order chi connectivity index (χ1) is 11.9. The number of methoxy groups -OCH3 is 1. The number of anilines is 1. The maximum absolute atomic E-state index is 11.7. The van der Waals surface area contributed by atoms with Gasteiger partial charge in [-0.25, -0.2) is 4.79 Å². The highest BCUT2D eigenvalue weighted by Crippen LogP contribution is 2.29. The van der Waals surface area contributed by atoms with Crippen molar-refractivity contribution < 1.29 is 24.0 Å². The highest BCUT2D eigenvalue weighted by Gasteiger charge is 2.17. The zero-order valence-corrected chi connectivity index (χ0v) is 13.6. The van der Waals surface area contributed by atoms with Gasteiger partial charge in [-0.15, -0.1) is 0 Å². The van der Waals surface area contributed by atoms with Gasteiger partial charge in [0, 0.05) is 12.5 Å². The molecule has 0 radical (unpaired) electrons. The number of benzene rings is 2. The summed E-state index contributed by atoms with van der Waals surface area (Å²) >= 11 is 0. The van der Waals surface area contributed by atoms with Gasteiger partial charge in [0.05, 0.1) is 23.7 Å². The number of nitro benzene ring substituents is 1. The minimum absolute atomic E-state index is 0.0297. The predicted octanol–water partition coefficient (Wildman–Crippen LogP) is 2.92. The van der Waals surface area contributed by atoms with E-state index in [1.54, 1.807) is 24.3 Å². The Labute approximate surface area is 143 Å². The van der Waals surface area contributed by atoms with Crippen LogP contribution in [0.25, 0.3) is 0 Å². The first-order valence-electron chi connectivity index (χ1n) is 7.27. The quantitative estimate of drug-likeness (QED) is 0.490. The van der Waals surface area contributed by atoms with Gasteiger partial charge in [-0.05, 0) is 18.2 Å². The number of amides is 1. The van der Waals surface area contributed by atoms with E-state index in [-0.39, 0.29) is 23.7 Å². The van der Waals surface area contributed by atoms with Gasteiger partial charge in [0.1, 0.15) is 18.0 Å². The molecule has 0 saturated carbocycles. The molecule has 0 unspecified atom stereocenters. The van der Waals surface area contributed by atoms with E-state index in [9.17, 15) is 19.7 Å². The molecule has 0 aliphatic rings. The van der Waals surface area contributed by atoms with E-state index in [0.717, 1.165) is 0 Å². The number of nitro groups is 1. The minimum atomic E-state index is -0.611. The van der Waals surface area contributed by atoms with Gasteiger partial charge in [0.15, 0.2) is 0 Å². The van der Waals surface area contributed by atoms with Crippen LogP contribution in [-0.2, 0) is 16.1 Å². The molecule has 0 saturated heterocycles. The van der Waals surface area contributed by atoms with Gasteiger partial charge >= 0.3 is 5.97 Å². The molecule has 0 aliphatic carbocycles. The fraction of sp³-hybridized carbons (Fsp3) is 0.176. The zero-order chi connectivity index (χ0) is 18.4.